The number of hydrogen-bond acceptors (Lipinski definition) is 6. The number of hydrazone groups is 1. The van der Waals surface area contributed by atoms with Gasteiger partial charge < -0.3 is 20.1 Å². The highest BCUT2D eigenvalue weighted by atomic mass is 35.5. The largest absolute Gasteiger partial charge is 0.490 e. The second-order valence-corrected chi connectivity index (χ2v) is 7.89. The molecule has 0 radical (unpaired) electrons. The Kier molecular flexibility index (Phi) is 9.41. The number of amides is 3. The second-order valence-electron chi connectivity index (χ2n) is 7.45. The van der Waals surface area contributed by atoms with Crippen molar-refractivity contribution in [1.29, 1.82) is 0 Å². The van der Waals surface area contributed by atoms with Crippen molar-refractivity contribution in [3.8, 4) is 11.5 Å². The molecule has 0 spiro atoms. The number of anilines is 2. The van der Waals surface area contributed by atoms with Crippen LogP contribution in [0.4, 0.5) is 11.4 Å². The van der Waals surface area contributed by atoms with E-state index in [4.69, 9.17) is 21.1 Å². The molecule has 36 heavy (non-hydrogen) atoms. The molecule has 0 aliphatic carbocycles. The molecule has 186 valence electrons. The molecule has 0 aliphatic heterocycles. The topological polar surface area (TPSA) is 118 Å². The molecule has 9 nitrogen and oxygen atoms in total. The zero-order valence-corrected chi connectivity index (χ0v) is 20.5. The van der Waals surface area contributed by atoms with Crippen molar-refractivity contribution >= 4 is 46.9 Å². The number of halogens is 1. The fourth-order valence-electron chi connectivity index (χ4n) is 3.01. The molecule has 0 heterocycles. The summed E-state index contributed by atoms with van der Waals surface area (Å²) in [7, 11) is 0. The van der Waals surface area contributed by atoms with Crippen LogP contribution in [0.1, 0.15) is 18.1 Å². The number of ether oxygens (including phenoxy) is 2. The fraction of sp³-hybridized carbons (Fsp3) is 0.154. The molecule has 0 saturated carbocycles. The Hall–Kier alpha value is -4.37. The van der Waals surface area contributed by atoms with E-state index in [0.29, 0.717) is 40.1 Å². The van der Waals surface area contributed by atoms with Crippen LogP contribution in [0.25, 0.3) is 0 Å². The van der Waals surface area contributed by atoms with Gasteiger partial charge in [-0.2, -0.15) is 5.10 Å². The van der Waals surface area contributed by atoms with E-state index in [1.165, 1.54) is 12.3 Å². The molecule has 0 fully saturated rings. The van der Waals surface area contributed by atoms with Crippen LogP contribution in [0.5, 0.6) is 11.5 Å². The Balaban J connectivity index is 1.56. The molecule has 3 N–H and O–H groups in total. The quantitative estimate of drug-likeness (QED) is 0.228. The van der Waals surface area contributed by atoms with Crippen molar-refractivity contribution in [2.75, 3.05) is 23.8 Å². The first-order valence-corrected chi connectivity index (χ1v) is 11.4. The summed E-state index contributed by atoms with van der Waals surface area (Å²) >= 11 is 5.86. The van der Waals surface area contributed by atoms with Gasteiger partial charge in [0.1, 0.15) is 0 Å². The van der Waals surface area contributed by atoms with E-state index >= 15 is 0 Å². The minimum atomic E-state index is -0.948. The highest BCUT2D eigenvalue weighted by molar-refractivity contribution is 6.39. The summed E-state index contributed by atoms with van der Waals surface area (Å²) in [4.78, 5) is 36.3. The number of aryl methyl sites for hydroxylation is 1. The predicted octanol–water partition coefficient (Wildman–Crippen LogP) is 4.15. The molecule has 0 bridgehead atoms. The minimum absolute atomic E-state index is 0.209. The van der Waals surface area contributed by atoms with Gasteiger partial charge in [0.2, 0.25) is 0 Å². The van der Waals surface area contributed by atoms with Gasteiger partial charge in [-0.15, -0.1) is 0 Å². The normalized spacial score (nSPS) is 10.5. The van der Waals surface area contributed by atoms with E-state index in [2.05, 4.69) is 21.2 Å². The van der Waals surface area contributed by atoms with Gasteiger partial charge in [0.15, 0.2) is 18.1 Å². The summed E-state index contributed by atoms with van der Waals surface area (Å²) in [6, 6.07) is 18.8. The zero-order chi connectivity index (χ0) is 25.9. The number of nitrogens with one attached hydrogen (secondary N) is 3. The number of nitrogens with zero attached hydrogens (tertiary/aromatic N) is 1. The van der Waals surface area contributed by atoms with Crippen LogP contribution in [0.2, 0.25) is 5.02 Å². The van der Waals surface area contributed by atoms with E-state index in [1.54, 1.807) is 36.4 Å². The third kappa shape index (κ3) is 7.85. The van der Waals surface area contributed by atoms with Crippen LogP contribution in [-0.4, -0.2) is 37.1 Å². The highest BCUT2D eigenvalue weighted by Crippen LogP contribution is 2.28. The van der Waals surface area contributed by atoms with E-state index in [-0.39, 0.29) is 12.5 Å². The van der Waals surface area contributed by atoms with Crippen molar-refractivity contribution in [2.45, 2.75) is 13.8 Å². The molecule has 0 aromatic heterocycles. The molecule has 0 atom stereocenters. The molecular weight excluding hydrogens is 484 g/mol. The SMILES string of the molecule is CCOc1cc(/C=N\NC(=O)C(=O)Nc2cccc(Cl)c2)ccc1OCC(=O)Nc1ccccc1C. The summed E-state index contributed by atoms with van der Waals surface area (Å²) < 4.78 is 11.3. The lowest BCUT2D eigenvalue weighted by Gasteiger charge is -2.13. The monoisotopic (exact) mass is 508 g/mol. The average Bonchev–Trinajstić information content (AvgIpc) is 2.85. The number of benzene rings is 3. The maximum atomic E-state index is 12.3. The molecule has 3 aromatic rings. The van der Waals surface area contributed by atoms with Crippen molar-refractivity contribution in [2.24, 2.45) is 5.10 Å². The van der Waals surface area contributed by atoms with Crippen molar-refractivity contribution in [3.63, 3.8) is 0 Å². The van der Waals surface area contributed by atoms with Crippen LogP contribution in [-0.2, 0) is 14.4 Å². The Morgan fingerprint density at radius 2 is 1.72 bits per heavy atom. The third-order valence-corrected chi connectivity index (χ3v) is 4.95. The lowest BCUT2D eigenvalue weighted by Crippen LogP contribution is -2.32. The Morgan fingerprint density at radius 1 is 0.917 bits per heavy atom. The van der Waals surface area contributed by atoms with Gasteiger partial charge in [-0.05, 0) is 67.4 Å². The maximum absolute atomic E-state index is 12.3. The maximum Gasteiger partial charge on any atom is 0.329 e. The van der Waals surface area contributed by atoms with E-state index in [1.807, 2.05) is 38.1 Å². The van der Waals surface area contributed by atoms with Crippen molar-refractivity contribution in [3.05, 3.63) is 82.9 Å². The highest BCUT2D eigenvalue weighted by Gasteiger charge is 2.13. The standard InChI is InChI=1S/C26H25ClN4O5/c1-3-35-23-13-18(15-28-31-26(34)25(33)29-20-9-6-8-19(27)14-20)11-12-22(23)36-16-24(32)30-21-10-5-4-7-17(21)2/h4-15H,3,16H2,1-2H3,(H,29,33)(H,30,32)(H,31,34)/b28-15-. The third-order valence-electron chi connectivity index (χ3n) is 4.71. The molecule has 0 unspecified atom stereocenters. The van der Waals surface area contributed by atoms with Crippen molar-refractivity contribution < 1.29 is 23.9 Å². The average molecular weight is 509 g/mol. The van der Waals surface area contributed by atoms with Crippen LogP contribution in [0.15, 0.2) is 71.8 Å². The lowest BCUT2D eigenvalue weighted by atomic mass is 10.2. The summed E-state index contributed by atoms with van der Waals surface area (Å²) in [5.74, 6) is -1.38. The lowest BCUT2D eigenvalue weighted by molar-refractivity contribution is -0.136. The van der Waals surface area contributed by atoms with Crippen LogP contribution >= 0.6 is 11.6 Å². The minimum Gasteiger partial charge on any atom is -0.490 e. The Morgan fingerprint density at radius 3 is 2.47 bits per heavy atom. The number of rotatable bonds is 9. The predicted molar refractivity (Wildman–Crippen MR) is 139 cm³/mol. The van der Waals surface area contributed by atoms with Crippen molar-refractivity contribution in [1.82, 2.24) is 5.43 Å². The van der Waals surface area contributed by atoms with Crippen LogP contribution in [0.3, 0.4) is 0 Å². The van der Waals surface area contributed by atoms with Gasteiger partial charge in [0.05, 0.1) is 12.8 Å². The number of hydrogen-bond donors (Lipinski definition) is 3. The molecule has 3 aromatic carbocycles. The smallest absolute Gasteiger partial charge is 0.329 e. The van der Waals surface area contributed by atoms with Crippen LogP contribution < -0.4 is 25.5 Å². The van der Waals surface area contributed by atoms with Gasteiger partial charge in [-0.3, -0.25) is 14.4 Å². The number of carbonyl (C=O) groups excluding carboxylic acids is 3. The molecular formula is C26H25ClN4O5. The van der Waals surface area contributed by atoms with Crippen LogP contribution in [0, 0.1) is 6.92 Å². The molecule has 3 amide bonds. The number of para-hydroxylation sites is 1. The summed E-state index contributed by atoms with van der Waals surface area (Å²) in [5.41, 5.74) is 4.78. The Bertz CT molecular complexity index is 1280. The van der Waals surface area contributed by atoms with E-state index in [9.17, 15) is 14.4 Å². The first kappa shape index (κ1) is 26.2. The van der Waals surface area contributed by atoms with Gasteiger partial charge in [-0.25, -0.2) is 5.43 Å². The first-order chi connectivity index (χ1) is 17.4. The summed E-state index contributed by atoms with van der Waals surface area (Å²) in [6.07, 6.45) is 1.35. The molecule has 10 heteroatoms. The number of carbonyl (C=O) groups is 3. The van der Waals surface area contributed by atoms with Gasteiger partial charge >= 0.3 is 11.8 Å². The molecule has 0 saturated heterocycles. The second kappa shape index (κ2) is 12.9. The zero-order valence-electron chi connectivity index (χ0n) is 19.7. The molecule has 0 aliphatic rings. The first-order valence-electron chi connectivity index (χ1n) is 11.0. The molecule has 3 rings (SSSR count). The van der Waals surface area contributed by atoms with E-state index in [0.717, 1.165) is 5.56 Å². The summed E-state index contributed by atoms with van der Waals surface area (Å²) in [5, 5.41) is 9.47. The summed E-state index contributed by atoms with van der Waals surface area (Å²) in [6.45, 7) is 3.87. The Labute approximate surface area is 213 Å². The van der Waals surface area contributed by atoms with Gasteiger partial charge in [-0.1, -0.05) is 35.9 Å². The van der Waals surface area contributed by atoms with E-state index < -0.39 is 11.8 Å². The fourth-order valence-corrected chi connectivity index (χ4v) is 3.20. The van der Waals surface area contributed by atoms with Gasteiger partial charge in [0.25, 0.3) is 5.91 Å². The van der Waals surface area contributed by atoms with Gasteiger partial charge in [0, 0.05) is 16.4 Å².